The van der Waals surface area contributed by atoms with E-state index in [2.05, 4.69) is 54.1 Å². The van der Waals surface area contributed by atoms with Crippen LogP contribution in [0.15, 0.2) is 22.7 Å². The van der Waals surface area contributed by atoms with E-state index < -0.39 is 5.97 Å². The number of carbonyl (C=O) groups is 1. The standard InChI is InChI=1S/C15H23BrN2O2/c1-10(2)7-12(9-18(3)4)17-14-6-5-11(15(19)20)8-13(14)16/h5-6,8,10,12,17H,7,9H2,1-4H3,(H,19,20). The summed E-state index contributed by atoms with van der Waals surface area (Å²) in [5, 5.41) is 12.5. The number of nitrogens with zero attached hydrogens (tertiary/aromatic N) is 1. The van der Waals surface area contributed by atoms with Crippen LogP contribution in [0.2, 0.25) is 0 Å². The van der Waals surface area contributed by atoms with Crippen molar-refractivity contribution in [1.29, 1.82) is 0 Å². The largest absolute Gasteiger partial charge is 0.478 e. The van der Waals surface area contributed by atoms with Crippen LogP contribution in [0, 0.1) is 5.92 Å². The first-order chi connectivity index (χ1) is 9.29. The minimum Gasteiger partial charge on any atom is -0.478 e. The predicted octanol–water partition coefficient (Wildman–Crippen LogP) is 3.54. The molecule has 112 valence electrons. The molecule has 0 saturated heterocycles. The Morgan fingerprint density at radius 3 is 2.50 bits per heavy atom. The Bertz CT molecular complexity index is 451. The third-order valence-electron chi connectivity index (χ3n) is 2.92. The lowest BCUT2D eigenvalue weighted by Crippen LogP contribution is -2.33. The Hall–Kier alpha value is -1.07. The van der Waals surface area contributed by atoms with Crippen molar-refractivity contribution in [1.82, 2.24) is 4.90 Å². The summed E-state index contributed by atoms with van der Waals surface area (Å²) < 4.78 is 0.782. The number of carboxylic acid groups (broad SMARTS) is 1. The van der Waals surface area contributed by atoms with Crippen LogP contribution in [-0.4, -0.2) is 42.7 Å². The highest BCUT2D eigenvalue weighted by molar-refractivity contribution is 9.10. The van der Waals surface area contributed by atoms with Gasteiger partial charge in [0, 0.05) is 22.7 Å². The molecule has 0 aliphatic carbocycles. The molecule has 0 aliphatic rings. The zero-order valence-corrected chi connectivity index (χ0v) is 14.1. The number of hydrogen-bond acceptors (Lipinski definition) is 3. The fourth-order valence-electron chi connectivity index (χ4n) is 2.17. The summed E-state index contributed by atoms with van der Waals surface area (Å²) in [7, 11) is 4.11. The molecule has 0 aliphatic heterocycles. The summed E-state index contributed by atoms with van der Waals surface area (Å²) in [6.45, 7) is 5.34. The Kier molecular flexibility index (Phi) is 6.49. The molecule has 5 heteroatoms. The van der Waals surface area contributed by atoms with Crippen LogP contribution in [-0.2, 0) is 0 Å². The van der Waals surface area contributed by atoms with Gasteiger partial charge >= 0.3 is 5.97 Å². The van der Waals surface area contributed by atoms with Crippen LogP contribution in [0.3, 0.4) is 0 Å². The summed E-state index contributed by atoms with van der Waals surface area (Å²) in [6, 6.07) is 5.40. The SMILES string of the molecule is CC(C)CC(CN(C)C)Nc1ccc(C(=O)O)cc1Br. The van der Waals surface area contributed by atoms with Crippen LogP contribution >= 0.6 is 15.9 Å². The van der Waals surface area contributed by atoms with Crippen molar-refractivity contribution in [2.24, 2.45) is 5.92 Å². The summed E-state index contributed by atoms with van der Waals surface area (Å²) in [6.07, 6.45) is 1.06. The number of benzene rings is 1. The van der Waals surface area contributed by atoms with Crippen molar-refractivity contribution in [3.05, 3.63) is 28.2 Å². The molecule has 0 heterocycles. The molecule has 0 radical (unpaired) electrons. The second-order valence-electron chi connectivity index (χ2n) is 5.73. The first-order valence-corrected chi connectivity index (χ1v) is 7.53. The first-order valence-electron chi connectivity index (χ1n) is 6.73. The molecule has 20 heavy (non-hydrogen) atoms. The lowest BCUT2D eigenvalue weighted by Gasteiger charge is -2.25. The molecule has 4 nitrogen and oxygen atoms in total. The smallest absolute Gasteiger partial charge is 0.335 e. The molecular weight excluding hydrogens is 320 g/mol. The van der Waals surface area contributed by atoms with E-state index in [1.165, 1.54) is 0 Å². The van der Waals surface area contributed by atoms with Gasteiger partial charge < -0.3 is 15.3 Å². The molecule has 0 bridgehead atoms. The minimum atomic E-state index is -0.913. The summed E-state index contributed by atoms with van der Waals surface area (Å²) in [5.41, 5.74) is 1.22. The van der Waals surface area contributed by atoms with Crippen molar-refractivity contribution in [2.45, 2.75) is 26.3 Å². The van der Waals surface area contributed by atoms with Gasteiger partial charge in [0.15, 0.2) is 0 Å². The highest BCUT2D eigenvalue weighted by Gasteiger charge is 2.14. The fraction of sp³-hybridized carbons (Fsp3) is 0.533. The maximum Gasteiger partial charge on any atom is 0.335 e. The van der Waals surface area contributed by atoms with Crippen molar-refractivity contribution in [2.75, 3.05) is 26.0 Å². The van der Waals surface area contributed by atoms with Crippen LogP contribution < -0.4 is 5.32 Å². The zero-order valence-electron chi connectivity index (χ0n) is 12.5. The van der Waals surface area contributed by atoms with E-state index in [4.69, 9.17) is 5.11 Å². The number of aromatic carboxylic acids is 1. The van der Waals surface area contributed by atoms with Gasteiger partial charge in [-0.05, 0) is 60.6 Å². The average molecular weight is 343 g/mol. The second-order valence-corrected chi connectivity index (χ2v) is 6.59. The van der Waals surface area contributed by atoms with Gasteiger partial charge in [0.25, 0.3) is 0 Å². The zero-order chi connectivity index (χ0) is 15.3. The molecule has 1 unspecified atom stereocenters. The topological polar surface area (TPSA) is 52.6 Å². The van der Waals surface area contributed by atoms with Crippen LogP contribution in [0.1, 0.15) is 30.6 Å². The maximum atomic E-state index is 10.9. The van der Waals surface area contributed by atoms with E-state index in [0.29, 0.717) is 12.0 Å². The van der Waals surface area contributed by atoms with Gasteiger partial charge in [0.05, 0.1) is 5.56 Å². The third kappa shape index (κ3) is 5.51. The molecule has 0 saturated carbocycles. The molecule has 0 aromatic heterocycles. The summed E-state index contributed by atoms with van der Waals surface area (Å²) in [4.78, 5) is 13.1. The van der Waals surface area contributed by atoms with Gasteiger partial charge in [0.1, 0.15) is 0 Å². The molecule has 0 amide bonds. The molecule has 1 rings (SSSR count). The number of halogens is 1. The highest BCUT2D eigenvalue weighted by atomic mass is 79.9. The fourth-order valence-corrected chi connectivity index (χ4v) is 2.67. The maximum absolute atomic E-state index is 10.9. The number of anilines is 1. The first kappa shape index (κ1) is 17.0. The molecular formula is C15H23BrN2O2. The Morgan fingerprint density at radius 1 is 1.40 bits per heavy atom. The lowest BCUT2D eigenvalue weighted by molar-refractivity contribution is 0.0697. The lowest BCUT2D eigenvalue weighted by atomic mass is 10.0. The molecule has 2 N–H and O–H groups in total. The van der Waals surface area contributed by atoms with E-state index >= 15 is 0 Å². The van der Waals surface area contributed by atoms with Gasteiger partial charge in [-0.25, -0.2) is 4.79 Å². The van der Waals surface area contributed by atoms with E-state index in [1.807, 2.05) is 6.07 Å². The average Bonchev–Trinajstić information content (AvgIpc) is 2.29. The number of likely N-dealkylation sites (N-methyl/N-ethyl adjacent to an activating group) is 1. The van der Waals surface area contributed by atoms with Crippen LogP contribution in [0.25, 0.3) is 0 Å². The van der Waals surface area contributed by atoms with Crippen LogP contribution in [0.4, 0.5) is 5.69 Å². The van der Waals surface area contributed by atoms with Crippen molar-refractivity contribution in [3.8, 4) is 0 Å². The summed E-state index contributed by atoms with van der Waals surface area (Å²) >= 11 is 3.44. The number of nitrogens with one attached hydrogen (secondary N) is 1. The number of carboxylic acids is 1. The quantitative estimate of drug-likeness (QED) is 0.795. The second kappa shape index (κ2) is 7.64. The predicted molar refractivity (Wildman–Crippen MR) is 86.5 cm³/mol. The van der Waals surface area contributed by atoms with Gasteiger partial charge in [0.2, 0.25) is 0 Å². The Morgan fingerprint density at radius 2 is 2.05 bits per heavy atom. The highest BCUT2D eigenvalue weighted by Crippen LogP contribution is 2.25. The van der Waals surface area contributed by atoms with Crippen molar-refractivity contribution < 1.29 is 9.90 Å². The minimum absolute atomic E-state index is 0.287. The molecule has 1 atom stereocenters. The third-order valence-corrected chi connectivity index (χ3v) is 3.57. The van der Waals surface area contributed by atoms with Crippen LogP contribution in [0.5, 0.6) is 0 Å². The molecule has 0 spiro atoms. The molecule has 1 aromatic rings. The Balaban J connectivity index is 2.84. The van der Waals surface area contributed by atoms with Gasteiger partial charge in [-0.15, -0.1) is 0 Å². The van der Waals surface area contributed by atoms with E-state index in [-0.39, 0.29) is 5.56 Å². The number of hydrogen-bond donors (Lipinski definition) is 2. The summed E-state index contributed by atoms with van der Waals surface area (Å²) in [5.74, 6) is -0.311. The molecule has 0 fully saturated rings. The van der Waals surface area contributed by atoms with Crippen molar-refractivity contribution in [3.63, 3.8) is 0 Å². The van der Waals surface area contributed by atoms with Gasteiger partial charge in [-0.2, -0.15) is 0 Å². The normalized spacial score (nSPS) is 12.8. The van der Waals surface area contributed by atoms with E-state index in [9.17, 15) is 4.79 Å². The van der Waals surface area contributed by atoms with E-state index in [0.717, 1.165) is 23.1 Å². The Labute approximate surface area is 129 Å². The van der Waals surface area contributed by atoms with E-state index in [1.54, 1.807) is 12.1 Å². The molecule has 1 aromatic carbocycles. The monoisotopic (exact) mass is 342 g/mol. The van der Waals surface area contributed by atoms with Gasteiger partial charge in [-0.1, -0.05) is 13.8 Å². The number of rotatable bonds is 7. The van der Waals surface area contributed by atoms with Gasteiger partial charge in [-0.3, -0.25) is 0 Å². The van der Waals surface area contributed by atoms with Crippen molar-refractivity contribution >= 4 is 27.6 Å².